The van der Waals surface area contributed by atoms with Crippen molar-refractivity contribution in [3.63, 3.8) is 0 Å². The lowest BCUT2D eigenvalue weighted by Gasteiger charge is -2.11. The monoisotopic (exact) mass is 231 g/mol. The minimum Gasteiger partial charge on any atom is -0.398 e. The van der Waals surface area contributed by atoms with Crippen LogP contribution in [0.5, 0.6) is 0 Å². The van der Waals surface area contributed by atoms with E-state index < -0.39 is 6.29 Å². The van der Waals surface area contributed by atoms with E-state index in [1.54, 1.807) is 18.2 Å². The third kappa shape index (κ3) is 1.97. The fourth-order valence-corrected chi connectivity index (χ4v) is 1.27. The average molecular weight is 232 g/mol. The molecule has 0 aliphatic heterocycles. The number of anilines is 1. The first-order chi connectivity index (χ1) is 5.65. The Hall–Kier alpha value is -0.580. The van der Waals surface area contributed by atoms with Crippen LogP contribution in [0, 0.1) is 0 Å². The standard InChI is InChI=1S/C8H10BrNO2/c1-12-8(11)6-4-5(9)2-3-7(6)10/h2-4,8,11H,10H2,1H3. The van der Waals surface area contributed by atoms with Crippen LogP contribution < -0.4 is 5.73 Å². The molecule has 1 atom stereocenters. The summed E-state index contributed by atoms with van der Waals surface area (Å²) in [6.07, 6.45) is -0.956. The Labute approximate surface area is 79.3 Å². The number of nitrogens with two attached hydrogens (primary N) is 1. The molecule has 0 radical (unpaired) electrons. The molecule has 3 N–H and O–H groups in total. The number of hydrogen-bond donors (Lipinski definition) is 2. The Morgan fingerprint density at radius 3 is 2.83 bits per heavy atom. The van der Waals surface area contributed by atoms with Crippen LogP contribution in [0.1, 0.15) is 11.9 Å². The molecule has 1 aromatic rings. The van der Waals surface area contributed by atoms with Crippen molar-refractivity contribution >= 4 is 21.6 Å². The maximum atomic E-state index is 9.31. The van der Waals surface area contributed by atoms with Gasteiger partial charge >= 0.3 is 0 Å². The van der Waals surface area contributed by atoms with Gasteiger partial charge in [-0.05, 0) is 18.2 Å². The van der Waals surface area contributed by atoms with Gasteiger partial charge in [0, 0.05) is 22.8 Å². The Morgan fingerprint density at radius 2 is 2.25 bits per heavy atom. The molecule has 4 heteroatoms. The van der Waals surface area contributed by atoms with Crippen LogP contribution in [0.2, 0.25) is 0 Å². The topological polar surface area (TPSA) is 55.5 Å². The molecule has 0 aliphatic carbocycles. The number of halogens is 1. The van der Waals surface area contributed by atoms with Crippen LogP contribution in [0.25, 0.3) is 0 Å². The van der Waals surface area contributed by atoms with E-state index in [9.17, 15) is 5.11 Å². The summed E-state index contributed by atoms with van der Waals surface area (Å²) in [6.45, 7) is 0. The molecule has 1 aromatic carbocycles. The lowest BCUT2D eigenvalue weighted by molar-refractivity contribution is -0.0764. The van der Waals surface area contributed by atoms with Crippen LogP contribution in [-0.2, 0) is 4.74 Å². The van der Waals surface area contributed by atoms with Gasteiger partial charge in [0.25, 0.3) is 0 Å². The van der Waals surface area contributed by atoms with Gasteiger partial charge in [-0.15, -0.1) is 0 Å². The second-order valence-electron chi connectivity index (χ2n) is 2.36. The molecule has 0 heterocycles. The van der Waals surface area contributed by atoms with Crippen molar-refractivity contribution in [2.75, 3.05) is 12.8 Å². The predicted octanol–water partition coefficient (Wildman–Crippen LogP) is 1.67. The maximum absolute atomic E-state index is 9.31. The van der Waals surface area contributed by atoms with E-state index in [0.717, 1.165) is 4.47 Å². The summed E-state index contributed by atoms with van der Waals surface area (Å²) in [6, 6.07) is 5.24. The van der Waals surface area contributed by atoms with Crippen molar-refractivity contribution < 1.29 is 9.84 Å². The van der Waals surface area contributed by atoms with E-state index in [4.69, 9.17) is 10.5 Å². The lowest BCUT2D eigenvalue weighted by atomic mass is 10.2. The van der Waals surface area contributed by atoms with Crippen LogP contribution in [0.15, 0.2) is 22.7 Å². The first kappa shape index (κ1) is 9.51. The second kappa shape index (κ2) is 3.89. The van der Waals surface area contributed by atoms with Gasteiger partial charge in [0.15, 0.2) is 6.29 Å². The highest BCUT2D eigenvalue weighted by Crippen LogP contribution is 2.24. The molecule has 1 unspecified atom stereocenters. The number of aliphatic hydroxyl groups is 1. The molecular weight excluding hydrogens is 222 g/mol. The molecule has 66 valence electrons. The van der Waals surface area contributed by atoms with Gasteiger partial charge in [-0.2, -0.15) is 0 Å². The van der Waals surface area contributed by atoms with E-state index in [0.29, 0.717) is 11.3 Å². The highest BCUT2D eigenvalue weighted by molar-refractivity contribution is 9.10. The van der Waals surface area contributed by atoms with Gasteiger partial charge in [-0.3, -0.25) is 0 Å². The lowest BCUT2D eigenvalue weighted by Crippen LogP contribution is -2.03. The first-order valence-corrected chi connectivity index (χ1v) is 4.20. The number of rotatable bonds is 2. The predicted molar refractivity (Wildman–Crippen MR) is 50.5 cm³/mol. The Kier molecular flexibility index (Phi) is 3.08. The van der Waals surface area contributed by atoms with Gasteiger partial charge in [-0.1, -0.05) is 15.9 Å². The van der Waals surface area contributed by atoms with Gasteiger partial charge in [-0.25, -0.2) is 0 Å². The Morgan fingerprint density at radius 1 is 1.58 bits per heavy atom. The van der Waals surface area contributed by atoms with Crippen molar-refractivity contribution in [2.24, 2.45) is 0 Å². The quantitative estimate of drug-likeness (QED) is 0.602. The van der Waals surface area contributed by atoms with E-state index in [1.165, 1.54) is 7.11 Å². The highest BCUT2D eigenvalue weighted by atomic mass is 79.9. The van der Waals surface area contributed by atoms with Crippen molar-refractivity contribution in [2.45, 2.75) is 6.29 Å². The molecule has 12 heavy (non-hydrogen) atoms. The smallest absolute Gasteiger partial charge is 0.182 e. The summed E-state index contributed by atoms with van der Waals surface area (Å²) in [4.78, 5) is 0. The van der Waals surface area contributed by atoms with Crippen molar-refractivity contribution in [3.8, 4) is 0 Å². The number of aliphatic hydroxyl groups excluding tert-OH is 1. The first-order valence-electron chi connectivity index (χ1n) is 3.41. The summed E-state index contributed by atoms with van der Waals surface area (Å²) in [5, 5.41) is 9.31. The third-order valence-electron chi connectivity index (χ3n) is 1.54. The molecular formula is C8H10BrNO2. The largest absolute Gasteiger partial charge is 0.398 e. The van der Waals surface area contributed by atoms with Crippen LogP contribution >= 0.6 is 15.9 Å². The molecule has 0 spiro atoms. The van der Waals surface area contributed by atoms with Gasteiger partial charge < -0.3 is 15.6 Å². The zero-order chi connectivity index (χ0) is 9.14. The summed E-state index contributed by atoms with van der Waals surface area (Å²) < 4.78 is 5.59. The van der Waals surface area contributed by atoms with Gasteiger partial charge in [0.1, 0.15) is 0 Å². The molecule has 0 bridgehead atoms. The fraction of sp³-hybridized carbons (Fsp3) is 0.250. The van der Waals surface area contributed by atoms with Crippen LogP contribution in [-0.4, -0.2) is 12.2 Å². The number of ether oxygens (including phenoxy) is 1. The summed E-state index contributed by atoms with van der Waals surface area (Å²) in [7, 11) is 1.42. The molecule has 0 saturated carbocycles. The van der Waals surface area contributed by atoms with Crippen molar-refractivity contribution in [1.82, 2.24) is 0 Å². The molecule has 3 nitrogen and oxygen atoms in total. The molecule has 1 rings (SSSR count). The van der Waals surface area contributed by atoms with Crippen molar-refractivity contribution in [3.05, 3.63) is 28.2 Å². The third-order valence-corrected chi connectivity index (χ3v) is 2.03. The van der Waals surface area contributed by atoms with Gasteiger partial charge in [0.2, 0.25) is 0 Å². The zero-order valence-electron chi connectivity index (χ0n) is 6.62. The maximum Gasteiger partial charge on any atom is 0.182 e. The van der Waals surface area contributed by atoms with Crippen molar-refractivity contribution in [1.29, 1.82) is 0 Å². The number of hydrogen-bond acceptors (Lipinski definition) is 3. The minimum atomic E-state index is -0.956. The fourth-order valence-electron chi connectivity index (χ4n) is 0.886. The summed E-state index contributed by atoms with van der Waals surface area (Å²) in [5.41, 5.74) is 6.70. The van der Waals surface area contributed by atoms with Gasteiger partial charge in [0.05, 0.1) is 0 Å². The van der Waals surface area contributed by atoms with E-state index in [1.807, 2.05) is 0 Å². The molecule has 0 aromatic heterocycles. The second-order valence-corrected chi connectivity index (χ2v) is 3.28. The molecule has 0 saturated heterocycles. The molecule has 0 amide bonds. The number of benzene rings is 1. The number of methoxy groups -OCH3 is 1. The van der Waals surface area contributed by atoms with Crippen LogP contribution in [0.4, 0.5) is 5.69 Å². The molecule has 0 fully saturated rings. The average Bonchev–Trinajstić information content (AvgIpc) is 2.08. The van der Waals surface area contributed by atoms with E-state index in [-0.39, 0.29) is 0 Å². The van der Waals surface area contributed by atoms with Crippen LogP contribution in [0.3, 0.4) is 0 Å². The highest BCUT2D eigenvalue weighted by Gasteiger charge is 2.09. The van der Waals surface area contributed by atoms with E-state index in [2.05, 4.69) is 15.9 Å². The van der Waals surface area contributed by atoms with E-state index >= 15 is 0 Å². The SMILES string of the molecule is COC(O)c1cc(Br)ccc1N. The Bertz CT molecular complexity index is 278. The minimum absolute atomic E-state index is 0.521. The normalized spacial score (nSPS) is 12.9. The Balaban J connectivity index is 3.04. The summed E-state index contributed by atoms with van der Waals surface area (Å²) >= 11 is 3.27. The zero-order valence-corrected chi connectivity index (χ0v) is 8.21. The molecule has 0 aliphatic rings. The number of nitrogen functional groups attached to an aromatic ring is 1. The summed E-state index contributed by atoms with van der Waals surface area (Å²) in [5.74, 6) is 0.